The summed E-state index contributed by atoms with van der Waals surface area (Å²) in [5, 5.41) is 0. The minimum absolute atomic E-state index is 0.371. The van der Waals surface area contributed by atoms with E-state index in [4.69, 9.17) is 37.4 Å². The third-order valence-corrected chi connectivity index (χ3v) is 5.20. The van der Waals surface area contributed by atoms with Crippen molar-refractivity contribution in [2.75, 3.05) is 14.2 Å². The van der Waals surface area contributed by atoms with Gasteiger partial charge >= 0.3 is 5.97 Å². The first-order valence-electron chi connectivity index (χ1n) is 5.50. The number of carbonyl (C=O) groups is 1. The molecule has 0 saturated heterocycles. The van der Waals surface area contributed by atoms with Crippen LogP contribution in [0.5, 0.6) is 0 Å². The fourth-order valence-electron chi connectivity index (χ4n) is 3.27. The maximum absolute atomic E-state index is 11.1. The number of rotatable bonds is 3. The molecule has 0 radical (unpaired) electrons. The van der Waals surface area contributed by atoms with Crippen molar-refractivity contribution in [3.05, 3.63) is 0 Å². The average molecular weight is 283 g/mol. The summed E-state index contributed by atoms with van der Waals surface area (Å²) in [6.45, 7) is 1.36. The Kier molecular flexibility index (Phi) is 3.14. The van der Waals surface area contributed by atoms with E-state index in [1.165, 1.54) is 21.1 Å². The van der Waals surface area contributed by atoms with Crippen molar-refractivity contribution in [3.8, 4) is 0 Å². The number of esters is 1. The van der Waals surface area contributed by atoms with E-state index in [-0.39, 0.29) is 5.97 Å². The third-order valence-electron chi connectivity index (χ3n) is 3.92. The van der Waals surface area contributed by atoms with Gasteiger partial charge in [0.25, 0.3) is 0 Å². The van der Waals surface area contributed by atoms with E-state index in [2.05, 4.69) is 0 Å². The summed E-state index contributed by atoms with van der Waals surface area (Å²) in [4.78, 5) is 9.45. The molecule has 0 amide bonds. The summed E-state index contributed by atoms with van der Waals surface area (Å²) >= 11 is 13.2. The Morgan fingerprint density at radius 3 is 2.24 bits per heavy atom. The topological polar surface area (TPSA) is 44.8 Å². The number of methoxy groups -OCH3 is 2. The first kappa shape index (κ1) is 13.4. The molecular weight excluding hydrogens is 267 g/mol. The van der Waals surface area contributed by atoms with Gasteiger partial charge in [0.1, 0.15) is 15.9 Å². The number of hydrogen-bond donors (Lipinski definition) is 0. The minimum Gasteiger partial charge on any atom is -0.460 e. The summed E-state index contributed by atoms with van der Waals surface area (Å²) in [6, 6.07) is 0. The van der Waals surface area contributed by atoms with Gasteiger partial charge in [0.2, 0.25) is 5.79 Å². The molecule has 4 nitrogen and oxygen atoms in total. The molecule has 0 aromatic heterocycles. The molecule has 17 heavy (non-hydrogen) atoms. The van der Waals surface area contributed by atoms with Gasteiger partial charge in [-0.25, -0.2) is 0 Å². The molecule has 0 unspecified atom stereocenters. The lowest BCUT2D eigenvalue weighted by Gasteiger charge is -2.40. The lowest BCUT2D eigenvalue weighted by molar-refractivity contribution is -0.225. The van der Waals surface area contributed by atoms with Gasteiger partial charge in [-0.2, -0.15) is 0 Å². The van der Waals surface area contributed by atoms with Gasteiger partial charge in [0.05, 0.1) is 0 Å². The molecule has 2 saturated carbocycles. The lowest BCUT2D eigenvalue weighted by atomic mass is 9.96. The van der Waals surface area contributed by atoms with Crippen LogP contribution in [0, 0.1) is 0 Å². The van der Waals surface area contributed by atoms with Gasteiger partial charge in [-0.3, -0.25) is 4.79 Å². The second-order valence-corrected chi connectivity index (χ2v) is 6.05. The number of halogens is 2. The normalized spacial score (nSPS) is 42.8. The van der Waals surface area contributed by atoms with Crippen molar-refractivity contribution < 1.29 is 19.0 Å². The SMILES string of the molecule is COC1(OC)[C@]2(Cl)CC[C@@]1(Cl)[C@@H](OC(C)=O)C2. The predicted molar refractivity (Wildman–Crippen MR) is 63.3 cm³/mol. The molecule has 0 heterocycles. The van der Waals surface area contributed by atoms with Crippen LogP contribution in [0.3, 0.4) is 0 Å². The van der Waals surface area contributed by atoms with Crippen molar-refractivity contribution in [2.45, 2.75) is 47.8 Å². The van der Waals surface area contributed by atoms with Gasteiger partial charge in [0.15, 0.2) is 0 Å². The highest BCUT2D eigenvalue weighted by atomic mass is 35.5. The Hall–Kier alpha value is -0.0300. The van der Waals surface area contributed by atoms with Gasteiger partial charge in [-0.05, 0) is 12.8 Å². The number of alkyl halides is 2. The van der Waals surface area contributed by atoms with Crippen molar-refractivity contribution >= 4 is 29.2 Å². The smallest absolute Gasteiger partial charge is 0.302 e. The molecule has 2 aliphatic rings. The monoisotopic (exact) mass is 282 g/mol. The van der Waals surface area contributed by atoms with Crippen LogP contribution >= 0.6 is 23.2 Å². The first-order chi connectivity index (χ1) is 7.85. The Labute approximate surface area is 110 Å². The summed E-state index contributed by atoms with van der Waals surface area (Å²) in [7, 11) is 3.03. The Bertz CT molecular complexity index is 344. The van der Waals surface area contributed by atoms with E-state index in [1.807, 2.05) is 0 Å². The fraction of sp³-hybridized carbons (Fsp3) is 0.909. The molecule has 3 atom stereocenters. The molecular formula is C11H16Cl2O4. The van der Waals surface area contributed by atoms with E-state index < -0.39 is 21.6 Å². The van der Waals surface area contributed by atoms with E-state index in [9.17, 15) is 4.79 Å². The molecule has 2 fully saturated rings. The maximum atomic E-state index is 11.1. The number of fused-ring (bicyclic) bond motifs is 2. The minimum atomic E-state index is -1.11. The zero-order valence-corrected chi connectivity index (χ0v) is 11.6. The van der Waals surface area contributed by atoms with E-state index in [1.54, 1.807) is 0 Å². The average Bonchev–Trinajstić information content (AvgIpc) is 2.57. The maximum Gasteiger partial charge on any atom is 0.302 e. The van der Waals surface area contributed by atoms with E-state index >= 15 is 0 Å². The number of carbonyl (C=O) groups excluding carboxylic acids is 1. The zero-order valence-electron chi connectivity index (χ0n) is 10.1. The molecule has 98 valence electrons. The van der Waals surface area contributed by atoms with Crippen LogP contribution in [-0.4, -0.2) is 41.8 Å². The van der Waals surface area contributed by atoms with Crippen molar-refractivity contribution in [1.82, 2.24) is 0 Å². The highest BCUT2D eigenvalue weighted by molar-refractivity contribution is 6.31. The van der Waals surface area contributed by atoms with Crippen LogP contribution in [0.25, 0.3) is 0 Å². The largest absolute Gasteiger partial charge is 0.460 e. The van der Waals surface area contributed by atoms with Crippen LogP contribution in [-0.2, 0) is 19.0 Å². The summed E-state index contributed by atoms with van der Waals surface area (Å²) in [5.41, 5.74) is 0. The molecule has 0 aromatic rings. The van der Waals surface area contributed by atoms with E-state index in [0.29, 0.717) is 19.3 Å². The van der Waals surface area contributed by atoms with Crippen molar-refractivity contribution in [3.63, 3.8) is 0 Å². The molecule has 0 aliphatic heterocycles. The van der Waals surface area contributed by atoms with Gasteiger partial charge in [0, 0.05) is 27.6 Å². The molecule has 2 rings (SSSR count). The second-order valence-electron chi connectivity index (χ2n) is 4.65. The van der Waals surface area contributed by atoms with Crippen LogP contribution in [0.4, 0.5) is 0 Å². The zero-order chi connectivity index (χ0) is 12.9. The van der Waals surface area contributed by atoms with Crippen LogP contribution < -0.4 is 0 Å². The predicted octanol–water partition coefficient (Wildman–Crippen LogP) is 2.06. The molecule has 2 aliphatic carbocycles. The van der Waals surface area contributed by atoms with Gasteiger partial charge < -0.3 is 14.2 Å². The summed E-state index contributed by atoms with van der Waals surface area (Å²) in [5.74, 6) is -1.48. The van der Waals surface area contributed by atoms with Crippen LogP contribution in [0.2, 0.25) is 0 Å². The quantitative estimate of drug-likeness (QED) is 0.452. The summed E-state index contributed by atoms with van der Waals surface area (Å²) < 4.78 is 16.2. The van der Waals surface area contributed by atoms with Crippen molar-refractivity contribution in [2.24, 2.45) is 0 Å². The summed E-state index contributed by atoms with van der Waals surface area (Å²) in [6.07, 6.45) is 1.24. The standard InChI is InChI=1S/C11H16Cl2O4/c1-7(14)17-8-6-9(12)4-5-10(8,13)11(9,15-2)16-3/h8H,4-6H2,1-3H3/t8-,9-,10+/m0/s1. The Balaban J connectivity index is 2.40. The van der Waals surface area contributed by atoms with Crippen molar-refractivity contribution in [1.29, 1.82) is 0 Å². The lowest BCUT2D eigenvalue weighted by Crippen LogP contribution is -2.56. The number of hydrogen-bond acceptors (Lipinski definition) is 4. The van der Waals surface area contributed by atoms with Gasteiger partial charge in [-0.15, -0.1) is 23.2 Å². The van der Waals surface area contributed by atoms with Gasteiger partial charge in [-0.1, -0.05) is 0 Å². The number of ether oxygens (including phenoxy) is 3. The Morgan fingerprint density at radius 2 is 1.82 bits per heavy atom. The first-order valence-corrected chi connectivity index (χ1v) is 6.26. The second kappa shape index (κ2) is 3.98. The van der Waals surface area contributed by atoms with E-state index in [0.717, 1.165) is 0 Å². The third kappa shape index (κ3) is 1.47. The van der Waals surface area contributed by atoms with Crippen LogP contribution in [0.15, 0.2) is 0 Å². The molecule has 2 bridgehead atoms. The fourth-order valence-corrected chi connectivity index (χ4v) is 4.43. The van der Waals surface area contributed by atoms with Crippen LogP contribution in [0.1, 0.15) is 26.2 Å². The highest BCUT2D eigenvalue weighted by Gasteiger charge is 2.78. The Morgan fingerprint density at radius 1 is 1.24 bits per heavy atom. The molecule has 0 spiro atoms. The molecule has 0 N–H and O–H groups in total. The molecule has 6 heteroatoms. The highest BCUT2D eigenvalue weighted by Crippen LogP contribution is 2.66. The molecule has 0 aromatic carbocycles.